The number of esters is 1. The summed E-state index contributed by atoms with van der Waals surface area (Å²) in [7, 11) is -8.16. The lowest BCUT2D eigenvalue weighted by Crippen LogP contribution is -2.41. The highest BCUT2D eigenvalue weighted by atomic mass is 28.4. The van der Waals surface area contributed by atoms with E-state index in [2.05, 4.69) is 65.5 Å². The maximum Gasteiger partial charge on any atom is 0.333 e. The van der Waals surface area contributed by atoms with E-state index in [0.29, 0.717) is 12.2 Å². The number of ether oxygens (including phenoxy) is 1. The molecule has 0 radical (unpaired) electrons. The number of carbonyl (C=O) groups excluding carboxylic acids is 1. The van der Waals surface area contributed by atoms with Gasteiger partial charge < -0.3 is 21.2 Å². The number of hydrogen-bond acceptors (Lipinski definition) is 6. The van der Waals surface area contributed by atoms with Crippen molar-refractivity contribution < 1.29 is 26.0 Å². The number of hydrogen-bond donors (Lipinski definition) is 0. The van der Waals surface area contributed by atoms with Gasteiger partial charge in [0.1, 0.15) is 39.1 Å². The molecule has 0 aromatic rings. The van der Waals surface area contributed by atoms with Crippen molar-refractivity contribution in [2.24, 2.45) is 0 Å². The summed E-state index contributed by atoms with van der Waals surface area (Å²) >= 11 is 0. The van der Waals surface area contributed by atoms with Crippen LogP contribution in [0.25, 0.3) is 0 Å². The molecule has 0 atom stereocenters. The zero-order chi connectivity index (χ0) is 25.8. The van der Waals surface area contributed by atoms with Crippen LogP contribution in [0.15, 0.2) is 12.2 Å². The zero-order valence-corrected chi connectivity index (χ0v) is 32.9. The molecule has 14 heteroatoms. The van der Waals surface area contributed by atoms with Crippen LogP contribution in [0, 0.1) is 0 Å². The Bertz CT molecular complexity index is 595. The number of carbonyl (C=O) groups is 1. The van der Waals surface area contributed by atoms with Crippen LogP contribution in [-0.4, -0.2) is 84.9 Å². The fourth-order valence-electron chi connectivity index (χ4n) is 2.81. The summed E-state index contributed by atoms with van der Waals surface area (Å²) in [6.07, 6.45) is 0.890. The Kier molecular flexibility index (Phi) is 16.2. The summed E-state index contributed by atoms with van der Waals surface area (Å²) in [4.78, 5) is 11.4. The third kappa shape index (κ3) is 20.7. The largest absolute Gasteiger partial charge is 0.462 e. The highest BCUT2D eigenvalue weighted by Crippen LogP contribution is 2.17. The van der Waals surface area contributed by atoms with Gasteiger partial charge >= 0.3 is 5.97 Å². The van der Waals surface area contributed by atoms with E-state index in [0.717, 1.165) is 12.5 Å². The zero-order valence-electron chi connectivity index (χ0n) is 23.2. The fourth-order valence-corrected chi connectivity index (χ4v) is 28.4. The van der Waals surface area contributed by atoms with Gasteiger partial charge in [-0.15, -0.1) is 0 Å². The molecular formula is C19H52O6Si8. The summed E-state index contributed by atoms with van der Waals surface area (Å²) in [5, 5.41) is 0. The van der Waals surface area contributed by atoms with Gasteiger partial charge in [0.2, 0.25) is 0 Å². The lowest BCUT2D eigenvalue weighted by atomic mass is 10.4. The SMILES string of the molecule is C=C(C)C(=O)OCCC[SiH2]O[Si](C)(C)C[SiH2]O[Si](C)(C)C[SiH2]O[Si](C)(C)C[SiH2]O[Si](C)(C)C. The molecule has 0 saturated carbocycles. The van der Waals surface area contributed by atoms with Crippen molar-refractivity contribution >= 4 is 78.3 Å². The lowest BCUT2D eigenvalue weighted by Gasteiger charge is -2.29. The van der Waals surface area contributed by atoms with Crippen LogP contribution in [0.5, 0.6) is 0 Å². The van der Waals surface area contributed by atoms with E-state index in [-0.39, 0.29) is 5.97 Å². The van der Waals surface area contributed by atoms with Gasteiger partial charge in [0.25, 0.3) is 0 Å². The molecule has 0 rings (SSSR count). The van der Waals surface area contributed by atoms with E-state index in [1.807, 2.05) is 0 Å². The van der Waals surface area contributed by atoms with E-state index >= 15 is 0 Å². The van der Waals surface area contributed by atoms with Gasteiger partial charge in [-0.1, -0.05) is 6.58 Å². The molecule has 196 valence electrons. The van der Waals surface area contributed by atoms with Gasteiger partial charge in [-0.05, 0) is 95.3 Å². The molecule has 0 aliphatic heterocycles. The third-order valence-electron chi connectivity index (χ3n) is 5.25. The Morgan fingerprint density at radius 1 is 0.697 bits per heavy atom. The molecule has 0 aromatic heterocycles. The van der Waals surface area contributed by atoms with Crippen molar-refractivity contribution in [2.45, 2.75) is 95.3 Å². The van der Waals surface area contributed by atoms with Crippen molar-refractivity contribution in [1.29, 1.82) is 0 Å². The summed E-state index contributed by atoms with van der Waals surface area (Å²) in [5.74, 6) is -0.292. The minimum atomic E-state index is -1.61. The van der Waals surface area contributed by atoms with Crippen LogP contribution in [0.2, 0.25) is 82.0 Å². The average molecular weight is 601 g/mol. The summed E-state index contributed by atoms with van der Waals surface area (Å²) < 4.78 is 30.7. The van der Waals surface area contributed by atoms with E-state index in [4.69, 9.17) is 21.2 Å². The molecule has 33 heavy (non-hydrogen) atoms. The molecule has 0 fully saturated rings. The Morgan fingerprint density at radius 3 is 1.48 bits per heavy atom. The molecule has 0 aliphatic carbocycles. The standard InChI is InChI=1S/C19H52O6Si8/c1-18(2)19(20)21-13-12-14-26-23-31(6,7)16-28-25-33(10,11)17-29-24-32(8,9)15-27-22-30(3,4)5/h1,12-17,26-29H2,2-11H3. The van der Waals surface area contributed by atoms with Crippen LogP contribution >= 0.6 is 0 Å². The predicted molar refractivity (Wildman–Crippen MR) is 164 cm³/mol. The van der Waals surface area contributed by atoms with Gasteiger partial charge in [0.05, 0.1) is 6.61 Å². The maximum absolute atomic E-state index is 11.4. The van der Waals surface area contributed by atoms with Crippen molar-refractivity contribution in [3.8, 4) is 0 Å². The summed E-state index contributed by atoms with van der Waals surface area (Å²) in [5.41, 5.74) is 4.10. The molecule has 0 aromatic carbocycles. The minimum absolute atomic E-state index is 0.292. The Balaban J connectivity index is 4.04. The molecule has 0 spiro atoms. The molecule has 0 amide bonds. The second-order valence-corrected chi connectivity index (χ2v) is 39.4. The van der Waals surface area contributed by atoms with Gasteiger partial charge in [0, 0.05) is 5.57 Å². The van der Waals surface area contributed by atoms with E-state index in [1.54, 1.807) is 6.92 Å². The van der Waals surface area contributed by atoms with E-state index in [9.17, 15) is 4.79 Å². The first-order chi connectivity index (χ1) is 14.9. The Hall–Kier alpha value is 0.785. The highest BCUT2D eigenvalue weighted by Gasteiger charge is 2.29. The fraction of sp³-hybridized carbons (Fsp3) is 0.842. The van der Waals surface area contributed by atoms with Crippen molar-refractivity contribution in [2.75, 3.05) is 6.61 Å². The van der Waals surface area contributed by atoms with Crippen LogP contribution < -0.4 is 0 Å². The molecule has 6 nitrogen and oxygen atoms in total. The monoisotopic (exact) mass is 600 g/mol. The lowest BCUT2D eigenvalue weighted by molar-refractivity contribution is -0.138. The second-order valence-electron chi connectivity index (χ2n) is 11.7. The summed E-state index contributed by atoms with van der Waals surface area (Å²) in [6, 6.07) is 1.05. The summed E-state index contributed by atoms with van der Waals surface area (Å²) in [6.45, 7) is 26.7. The maximum atomic E-state index is 11.4. The molecule has 0 aliphatic rings. The molecule has 0 heterocycles. The smallest absolute Gasteiger partial charge is 0.333 e. The van der Waals surface area contributed by atoms with Crippen molar-refractivity contribution in [1.82, 2.24) is 0 Å². The second kappa shape index (κ2) is 15.8. The van der Waals surface area contributed by atoms with Crippen LogP contribution in [0.1, 0.15) is 13.3 Å². The Morgan fingerprint density at radius 2 is 1.09 bits per heavy atom. The highest BCUT2D eigenvalue weighted by molar-refractivity contribution is 6.88. The number of rotatable bonds is 19. The van der Waals surface area contributed by atoms with Crippen molar-refractivity contribution in [3.63, 3.8) is 0 Å². The average Bonchev–Trinajstić information content (AvgIpc) is 2.62. The molecule has 0 bridgehead atoms. The predicted octanol–water partition coefficient (Wildman–Crippen LogP) is 2.64. The van der Waals surface area contributed by atoms with Gasteiger partial charge in [0.15, 0.2) is 33.3 Å². The first kappa shape index (κ1) is 33.8. The molecule has 0 unspecified atom stereocenters. The topological polar surface area (TPSA) is 63.2 Å². The van der Waals surface area contributed by atoms with Crippen molar-refractivity contribution in [3.05, 3.63) is 12.2 Å². The Labute approximate surface area is 217 Å². The van der Waals surface area contributed by atoms with Gasteiger partial charge in [-0.25, -0.2) is 4.79 Å². The van der Waals surface area contributed by atoms with Crippen LogP contribution in [0.3, 0.4) is 0 Å². The van der Waals surface area contributed by atoms with Gasteiger partial charge in [-0.3, -0.25) is 0 Å². The van der Waals surface area contributed by atoms with E-state index in [1.165, 1.54) is 17.0 Å². The van der Waals surface area contributed by atoms with Crippen LogP contribution in [0.4, 0.5) is 0 Å². The van der Waals surface area contributed by atoms with E-state index < -0.39 is 72.3 Å². The first-order valence-corrected chi connectivity index (χ1v) is 31.4. The molecule has 0 N–H and O–H groups in total. The quantitative estimate of drug-likeness (QED) is 0.0983. The van der Waals surface area contributed by atoms with Gasteiger partial charge in [-0.2, -0.15) is 0 Å². The molecule has 0 saturated heterocycles. The molecular weight excluding hydrogens is 549 g/mol. The third-order valence-corrected chi connectivity index (χ3v) is 39.0. The first-order valence-electron chi connectivity index (χ1n) is 12.3. The normalized spacial score (nSPS) is 14.7. The van der Waals surface area contributed by atoms with Crippen LogP contribution in [-0.2, 0) is 26.0 Å². The minimum Gasteiger partial charge on any atom is -0.462 e.